The smallest absolute Gasteiger partial charge is 0.261 e. The molecule has 1 N–H and O–H groups in total. The number of nitrogens with one attached hydrogen (secondary N) is 1. The summed E-state index contributed by atoms with van der Waals surface area (Å²) in [7, 11) is 0. The molecule has 0 radical (unpaired) electrons. The van der Waals surface area contributed by atoms with Crippen molar-refractivity contribution in [1.82, 2.24) is 5.32 Å². The molecule has 1 atom stereocenters. The predicted molar refractivity (Wildman–Crippen MR) is 72.7 cm³/mol. The van der Waals surface area contributed by atoms with Gasteiger partial charge in [-0.15, -0.1) is 17.9 Å². The van der Waals surface area contributed by atoms with E-state index in [0.717, 1.165) is 23.6 Å². The summed E-state index contributed by atoms with van der Waals surface area (Å²) in [4.78, 5) is 14.1. The fourth-order valence-electron chi connectivity index (χ4n) is 2.31. The topological polar surface area (TPSA) is 29.1 Å². The highest BCUT2D eigenvalue weighted by Crippen LogP contribution is 2.33. The van der Waals surface area contributed by atoms with Crippen molar-refractivity contribution >= 4 is 17.2 Å². The van der Waals surface area contributed by atoms with Crippen LogP contribution in [0.1, 0.15) is 39.9 Å². The van der Waals surface area contributed by atoms with Crippen LogP contribution < -0.4 is 5.32 Å². The lowest BCUT2D eigenvalue weighted by Gasteiger charge is -2.19. The molecule has 2 nitrogen and oxygen atoms in total. The van der Waals surface area contributed by atoms with Crippen LogP contribution >= 0.6 is 11.3 Å². The Morgan fingerprint density at radius 3 is 3.24 bits per heavy atom. The van der Waals surface area contributed by atoms with Crippen molar-refractivity contribution in [3.63, 3.8) is 0 Å². The first-order valence-corrected chi connectivity index (χ1v) is 7.07. The maximum Gasteiger partial charge on any atom is 0.261 e. The molecule has 3 heteroatoms. The van der Waals surface area contributed by atoms with E-state index in [2.05, 4.69) is 24.9 Å². The van der Waals surface area contributed by atoms with E-state index in [-0.39, 0.29) is 5.91 Å². The summed E-state index contributed by atoms with van der Waals surface area (Å²) in [6.45, 7) is 6.39. The average molecular weight is 249 g/mol. The first-order chi connectivity index (χ1) is 8.24. The Bertz CT molecular complexity index is 422. The van der Waals surface area contributed by atoms with E-state index in [4.69, 9.17) is 0 Å². The summed E-state index contributed by atoms with van der Waals surface area (Å²) in [6.07, 6.45) is 6.52. The number of aryl methyl sites for hydroxylation is 1. The first-order valence-electron chi connectivity index (χ1n) is 6.25. The van der Waals surface area contributed by atoms with Gasteiger partial charge in [-0.1, -0.05) is 19.4 Å². The molecular formula is C14H19NOS. The lowest BCUT2D eigenvalue weighted by Crippen LogP contribution is -2.22. The van der Waals surface area contributed by atoms with Crippen LogP contribution in [0.4, 0.5) is 0 Å². The summed E-state index contributed by atoms with van der Waals surface area (Å²) >= 11 is 1.66. The summed E-state index contributed by atoms with van der Waals surface area (Å²) < 4.78 is 0. The Morgan fingerprint density at radius 2 is 2.53 bits per heavy atom. The number of hydrogen-bond acceptors (Lipinski definition) is 2. The lowest BCUT2D eigenvalue weighted by atomic mass is 9.87. The van der Waals surface area contributed by atoms with E-state index >= 15 is 0 Å². The zero-order valence-corrected chi connectivity index (χ0v) is 11.1. The zero-order valence-electron chi connectivity index (χ0n) is 10.3. The molecule has 17 heavy (non-hydrogen) atoms. The van der Waals surface area contributed by atoms with Crippen LogP contribution in [0.15, 0.2) is 18.7 Å². The van der Waals surface area contributed by atoms with Crippen LogP contribution in [-0.4, -0.2) is 12.5 Å². The maximum atomic E-state index is 11.8. The van der Waals surface area contributed by atoms with Crippen LogP contribution in [0.25, 0.3) is 0 Å². The molecular weight excluding hydrogens is 230 g/mol. The second-order valence-electron chi connectivity index (χ2n) is 4.57. The number of fused-ring (bicyclic) bond motifs is 1. The highest BCUT2D eigenvalue weighted by atomic mass is 32.1. The van der Waals surface area contributed by atoms with E-state index in [0.29, 0.717) is 6.54 Å². The van der Waals surface area contributed by atoms with Crippen molar-refractivity contribution in [3.05, 3.63) is 34.0 Å². The number of hydrogen-bond donors (Lipinski definition) is 1. The molecule has 0 spiro atoms. The molecule has 1 aliphatic carbocycles. The van der Waals surface area contributed by atoms with Crippen LogP contribution in [0.3, 0.4) is 0 Å². The summed E-state index contributed by atoms with van der Waals surface area (Å²) in [6, 6.07) is 2.08. The van der Waals surface area contributed by atoms with E-state index in [1.54, 1.807) is 17.4 Å². The quantitative estimate of drug-likeness (QED) is 0.816. The fourth-order valence-corrected chi connectivity index (χ4v) is 3.44. The van der Waals surface area contributed by atoms with Gasteiger partial charge < -0.3 is 5.32 Å². The van der Waals surface area contributed by atoms with Gasteiger partial charge in [-0.05, 0) is 36.8 Å². The van der Waals surface area contributed by atoms with Gasteiger partial charge in [0.1, 0.15) is 0 Å². The summed E-state index contributed by atoms with van der Waals surface area (Å²) in [5.74, 6) is 0.846. The Hall–Kier alpha value is -1.09. The van der Waals surface area contributed by atoms with E-state index in [1.165, 1.54) is 23.3 Å². The molecule has 1 amide bonds. The molecule has 2 rings (SSSR count). The van der Waals surface area contributed by atoms with Gasteiger partial charge >= 0.3 is 0 Å². The number of carbonyl (C=O) groups excluding carboxylic acids is 1. The van der Waals surface area contributed by atoms with Gasteiger partial charge in [0.25, 0.3) is 5.91 Å². The Morgan fingerprint density at radius 1 is 1.71 bits per heavy atom. The van der Waals surface area contributed by atoms with E-state index in [1.807, 2.05) is 0 Å². The van der Waals surface area contributed by atoms with Crippen LogP contribution in [0.2, 0.25) is 0 Å². The second kappa shape index (κ2) is 5.50. The third kappa shape index (κ3) is 2.78. The van der Waals surface area contributed by atoms with Gasteiger partial charge in [0, 0.05) is 11.4 Å². The normalized spacial score (nSPS) is 18.5. The number of carbonyl (C=O) groups is 1. The van der Waals surface area contributed by atoms with E-state index in [9.17, 15) is 4.79 Å². The molecule has 0 saturated heterocycles. The second-order valence-corrected chi connectivity index (χ2v) is 5.71. The molecule has 0 aliphatic heterocycles. The first kappa shape index (κ1) is 12.4. The van der Waals surface area contributed by atoms with E-state index < -0.39 is 0 Å². The molecule has 1 aliphatic rings. The monoisotopic (exact) mass is 249 g/mol. The van der Waals surface area contributed by atoms with Crippen molar-refractivity contribution in [2.45, 2.75) is 32.6 Å². The average Bonchev–Trinajstić information content (AvgIpc) is 2.78. The summed E-state index contributed by atoms with van der Waals surface area (Å²) in [5.41, 5.74) is 1.40. The minimum absolute atomic E-state index is 0.0392. The minimum Gasteiger partial charge on any atom is -0.348 e. The Kier molecular flexibility index (Phi) is 4.00. The predicted octanol–water partition coefficient (Wildman–Crippen LogP) is 3.18. The maximum absolute atomic E-state index is 11.8. The van der Waals surface area contributed by atoms with Gasteiger partial charge in [-0.3, -0.25) is 4.79 Å². The van der Waals surface area contributed by atoms with Gasteiger partial charge in [-0.25, -0.2) is 0 Å². The molecule has 1 heterocycles. The summed E-state index contributed by atoms with van der Waals surface area (Å²) in [5, 5.41) is 2.84. The molecule has 0 saturated carbocycles. The van der Waals surface area contributed by atoms with Crippen LogP contribution in [-0.2, 0) is 12.8 Å². The molecule has 1 aromatic rings. The Balaban J connectivity index is 2.09. The number of amides is 1. The largest absolute Gasteiger partial charge is 0.348 e. The van der Waals surface area contributed by atoms with Gasteiger partial charge in [0.2, 0.25) is 0 Å². The Labute approximate surface area is 107 Å². The highest BCUT2D eigenvalue weighted by Gasteiger charge is 2.21. The van der Waals surface area contributed by atoms with Crippen molar-refractivity contribution in [3.8, 4) is 0 Å². The molecule has 0 bridgehead atoms. The standard InChI is InChI=1S/C14H19NOS/c1-3-7-15-14(16)13-9-11-8-10(4-2)5-6-12(11)17-13/h3,9-10H,1,4-8H2,2H3,(H,15,16). The zero-order chi connectivity index (χ0) is 12.3. The van der Waals surface area contributed by atoms with Crippen molar-refractivity contribution in [2.24, 2.45) is 5.92 Å². The fraction of sp³-hybridized carbons (Fsp3) is 0.500. The number of thiophene rings is 1. The van der Waals surface area contributed by atoms with Crippen LogP contribution in [0, 0.1) is 5.92 Å². The highest BCUT2D eigenvalue weighted by molar-refractivity contribution is 7.14. The minimum atomic E-state index is 0.0392. The van der Waals surface area contributed by atoms with Gasteiger partial charge in [0.05, 0.1) is 4.88 Å². The van der Waals surface area contributed by atoms with Crippen molar-refractivity contribution in [2.75, 3.05) is 6.54 Å². The SMILES string of the molecule is C=CCNC(=O)c1cc2c(s1)CCC(CC)C2. The molecule has 1 aromatic heterocycles. The third-order valence-electron chi connectivity index (χ3n) is 3.39. The van der Waals surface area contributed by atoms with Gasteiger partial charge in [0.15, 0.2) is 0 Å². The van der Waals surface area contributed by atoms with Gasteiger partial charge in [-0.2, -0.15) is 0 Å². The molecule has 92 valence electrons. The van der Waals surface area contributed by atoms with Crippen molar-refractivity contribution < 1.29 is 4.79 Å². The molecule has 0 aromatic carbocycles. The van der Waals surface area contributed by atoms with Crippen LogP contribution in [0.5, 0.6) is 0 Å². The third-order valence-corrected chi connectivity index (χ3v) is 4.63. The van der Waals surface area contributed by atoms with Crippen molar-refractivity contribution in [1.29, 1.82) is 0 Å². The number of rotatable bonds is 4. The molecule has 0 fully saturated rings. The lowest BCUT2D eigenvalue weighted by molar-refractivity contribution is 0.0962. The molecule has 1 unspecified atom stereocenters.